The van der Waals surface area contributed by atoms with E-state index in [1.807, 2.05) is 25.1 Å². The van der Waals surface area contributed by atoms with Gasteiger partial charge in [-0.3, -0.25) is 4.79 Å². The number of nitrogens with one attached hydrogen (secondary N) is 1. The maximum atomic E-state index is 12.3. The van der Waals surface area contributed by atoms with Crippen LogP contribution >= 0.6 is 23.4 Å². The predicted molar refractivity (Wildman–Crippen MR) is 95.4 cm³/mol. The molecule has 1 saturated heterocycles. The Labute approximate surface area is 155 Å². The van der Waals surface area contributed by atoms with E-state index in [2.05, 4.69) is 20.8 Å². The van der Waals surface area contributed by atoms with Crippen LogP contribution in [0.5, 0.6) is 0 Å². The lowest BCUT2D eigenvalue weighted by Crippen LogP contribution is -2.31. The Hall–Kier alpha value is -1.64. The number of halogens is 1. The Morgan fingerprint density at radius 2 is 2.36 bits per heavy atom. The van der Waals surface area contributed by atoms with Crippen LogP contribution in [0.1, 0.15) is 25.3 Å². The van der Waals surface area contributed by atoms with Gasteiger partial charge in [0.2, 0.25) is 11.1 Å². The van der Waals surface area contributed by atoms with Crippen molar-refractivity contribution in [3.63, 3.8) is 0 Å². The summed E-state index contributed by atoms with van der Waals surface area (Å²) < 4.78 is 7.32. The van der Waals surface area contributed by atoms with Crippen molar-refractivity contribution in [2.75, 3.05) is 6.61 Å². The molecule has 1 aliphatic heterocycles. The smallest absolute Gasteiger partial charge is 0.233 e. The normalized spacial score (nSPS) is 18.2. The first-order valence-electron chi connectivity index (χ1n) is 8.19. The molecule has 2 aromatic rings. The van der Waals surface area contributed by atoms with E-state index in [9.17, 15) is 4.79 Å². The molecule has 1 amide bonds. The third-order valence-corrected chi connectivity index (χ3v) is 5.40. The minimum absolute atomic E-state index is 0.0865. The van der Waals surface area contributed by atoms with Crippen molar-refractivity contribution in [1.29, 1.82) is 0 Å². The number of aromatic nitrogens is 4. The number of thioether (sulfide) groups is 1. The van der Waals surface area contributed by atoms with Crippen LogP contribution < -0.4 is 5.32 Å². The van der Waals surface area contributed by atoms with Crippen molar-refractivity contribution in [3.05, 3.63) is 34.9 Å². The molecule has 0 bridgehead atoms. The van der Waals surface area contributed by atoms with E-state index in [-0.39, 0.29) is 17.3 Å². The summed E-state index contributed by atoms with van der Waals surface area (Å²) in [4.78, 5) is 12.3. The summed E-state index contributed by atoms with van der Waals surface area (Å²) >= 11 is 7.44. The van der Waals surface area contributed by atoms with Gasteiger partial charge >= 0.3 is 0 Å². The van der Waals surface area contributed by atoms with E-state index >= 15 is 0 Å². The molecule has 2 unspecified atom stereocenters. The van der Waals surface area contributed by atoms with Gasteiger partial charge in [0, 0.05) is 18.2 Å². The number of tetrazole rings is 1. The summed E-state index contributed by atoms with van der Waals surface area (Å²) in [5.41, 5.74) is 0.887. The quantitative estimate of drug-likeness (QED) is 0.741. The van der Waals surface area contributed by atoms with Gasteiger partial charge in [-0.05, 0) is 41.8 Å². The zero-order valence-electron chi connectivity index (χ0n) is 13.9. The molecule has 25 heavy (non-hydrogen) atoms. The Balaban J connectivity index is 1.53. The lowest BCUT2D eigenvalue weighted by atomic mass is 10.2. The number of amides is 1. The summed E-state index contributed by atoms with van der Waals surface area (Å²) in [7, 11) is 0. The second-order valence-electron chi connectivity index (χ2n) is 5.85. The third-order valence-electron chi connectivity index (χ3n) is 3.96. The summed E-state index contributed by atoms with van der Waals surface area (Å²) in [5.74, 6) is -0.0865. The Morgan fingerprint density at radius 3 is 3.12 bits per heavy atom. The van der Waals surface area contributed by atoms with Crippen molar-refractivity contribution in [3.8, 4) is 0 Å². The van der Waals surface area contributed by atoms with Crippen LogP contribution in [0.3, 0.4) is 0 Å². The number of nitrogens with zero attached hydrogens (tertiary/aromatic N) is 4. The second-order valence-corrected chi connectivity index (χ2v) is 7.56. The van der Waals surface area contributed by atoms with Crippen molar-refractivity contribution < 1.29 is 9.53 Å². The number of carbonyl (C=O) groups excluding carboxylic acids is 1. The minimum Gasteiger partial charge on any atom is -0.376 e. The molecule has 7 nitrogen and oxygen atoms in total. The zero-order chi connectivity index (χ0) is 17.6. The fourth-order valence-corrected chi connectivity index (χ4v) is 3.58. The highest BCUT2D eigenvalue weighted by Crippen LogP contribution is 2.22. The lowest BCUT2D eigenvalue weighted by molar-refractivity contribution is -0.120. The van der Waals surface area contributed by atoms with E-state index in [4.69, 9.17) is 16.3 Å². The standard InChI is InChI=1S/C16H20ClN5O2S/c1-11(15(23)18-9-12-5-2-3-7-14(12)17)25-16-19-20-21-22(16)10-13-6-4-8-24-13/h2-3,5,7,11,13H,4,6,8-10H2,1H3,(H,18,23). The van der Waals surface area contributed by atoms with Gasteiger partial charge in [0.15, 0.2) is 0 Å². The van der Waals surface area contributed by atoms with Crippen molar-refractivity contribution >= 4 is 29.3 Å². The molecule has 2 atom stereocenters. The van der Waals surface area contributed by atoms with Gasteiger partial charge in [-0.25, -0.2) is 4.68 Å². The van der Waals surface area contributed by atoms with Crippen LogP contribution in [0.4, 0.5) is 0 Å². The van der Waals surface area contributed by atoms with Crippen LogP contribution in [-0.4, -0.2) is 44.1 Å². The number of carbonyl (C=O) groups is 1. The van der Waals surface area contributed by atoms with E-state index in [0.717, 1.165) is 25.0 Å². The number of rotatable bonds is 7. The molecule has 1 aliphatic rings. The van der Waals surface area contributed by atoms with E-state index in [1.54, 1.807) is 10.7 Å². The second kappa shape index (κ2) is 8.64. The average molecular weight is 382 g/mol. The number of hydrogen-bond donors (Lipinski definition) is 1. The Kier molecular flexibility index (Phi) is 6.28. The predicted octanol–water partition coefficient (Wildman–Crippen LogP) is 2.30. The molecule has 0 radical (unpaired) electrons. The van der Waals surface area contributed by atoms with Crippen LogP contribution in [0, 0.1) is 0 Å². The van der Waals surface area contributed by atoms with Crippen LogP contribution in [0.15, 0.2) is 29.4 Å². The molecule has 3 rings (SSSR count). The molecule has 0 spiro atoms. The van der Waals surface area contributed by atoms with Gasteiger partial charge < -0.3 is 10.1 Å². The first-order chi connectivity index (χ1) is 12.1. The molecule has 1 N–H and O–H groups in total. The molecular formula is C16H20ClN5O2S. The topological polar surface area (TPSA) is 81.9 Å². The summed E-state index contributed by atoms with van der Waals surface area (Å²) in [6, 6.07) is 7.45. The molecular weight excluding hydrogens is 362 g/mol. The number of ether oxygens (including phenoxy) is 1. The lowest BCUT2D eigenvalue weighted by Gasteiger charge is -2.13. The van der Waals surface area contributed by atoms with E-state index < -0.39 is 0 Å². The van der Waals surface area contributed by atoms with Gasteiger partial charge in [0.1, 0.15) is 0 Å². The van der Waals surface area contributed by atoms with Crippen LogP contribution in [-0.2, 0) is 22.6 Å². The highest BCUT2D eigenvalue weighted by Gasteiger charge is 2.22. The van der Waals surface area contributed by atoms with Gasteiger partial charge in [-0.15, -0.1) is 5.10 Å². The fraction of sp³-hybridized carbons (Fsp3) is 0.500. The van der Waals surface area contributed by atoms with E-state index in [0.29, 0.717) is 23.3 Å². The monoisotopic (exact) mass is 381 g/mol. The highest BCUT2D eigenvalue weighted by atomic mass is 35.5. The van der Waals surface area contributed by atoms with Gasteiger partial charge in [-0.1, -0.05) is 41.6 Å². The van der Waals surface area contributed by atoms with Crippen molar-refractivity contribution in [2.24, 2.45) is 0 Å². The van der Waals surface area contributed by atoms with Gasteiger partial charge in [-0.2, -0.15) is 0 Å². The zero-order valence-corrected chi connectivity index (χ0v) is 15.5. The van der Waals surface area contributed by atoms with Crippen LogP contribution in [0.2, 0.25) is 5.02 Å². The molecule has 134 valence electrons. The van der Waals surface area contributed by atoms with Crippen molar-refractivity contribution in [2.45, 2.75) is 49.4 Å². The molecule has 9 heteroatoms. The first-order valence-corrected chi connectivity index (χ1v) is 9.45. The van der Waals surface area contributed by atoms with E-state index in [1.165, 1.54) is 11.8 Å². The molecule has 2 heterocycles. The molecule has 1 fully saturated rings. The molecule has 1 aromatic heterocycles. The summed E-state index contributed by atoms with van der Waals surface area (Å²) in [6.45, 7) is 3.63. The van der Waals surface area contributed by atoms with Crippen molar-refractivity contribution in [1.82, 2.24) is 25.5 Å². The largest absolute Gasteiger partial charge is 0.376 e. The number of benzene rings is 1. The highest BCUT2D eigenvalue weighted by molar-refractivity contribution is 8.00. The average Bonchev–Trinajstić information content (AvgIpc) is 3.27. The Morgan fingerprint density at radius 1 is 1.52 bits per heavy atom. The number of hydrogen-bond acceptors (Lipinski definition) is 6. The summed E-state index contributed by atoms with van der Waals surface area (Å²) in [6.07, 6.45) is 2.22. The maximum absolute atomic E-state index is 12.3. The SMILES string of the molecule is CC(Sc1nnnn1CC1CCCO1)C(=O)NCc1ccccc1Cl. The first kappa shape index (κ1) is 18.2. The molecule has 0 aliphatic carbocycles. The molecule has 0 saturated carbocycles. The fourth-order valence-electron chi connectivity index (χ4n) is 2.56. The van der Waals surface area contributed by atoms with Gasteiger partial charge in [0.05, 0.1) is 17.9 Å². The van der Waals surface area contributed by atoms with Crippen LogP contribution in [0.25, 0.3) is 0 Å². The Bertz CT molecular complexity index is 720. The maximum Gasteiger partial charge on any atom is 0.233 e. The van der Waals surface area contributed by atoms with Gasteiger partial charge in [0.25, 0.3) is 0 Å². The summed E-state index contributed by atoms with van der Waals surface area (Å²) in [5, 5.41) is 15.6. The molecule has 1 aromatic carbocycles. The minimum atomic E-state index is -0.322. The third kappa shape index (κ3) is 4.93.